The van der Waals surface area contributed by atoms with Gasteiger partial charge in [-0.15, -0.1) is 0 Å². The highest BCUT2D eigenvalue weighted by atomic mass is 16.7. The summed E-state index contributed by atoms with van der Waals surface area (Å²) in [6, 6.07) is 0. The van der Waals surface area contributed by atoms with Crippen LogP contribution in [0.25, 0.3) is 0 Å². The molecule has 3 heteroatoms. The van der Waals surface area contributed by atoms with Crippen molar-refractivity contribution in [1.29, 1.82) is 0 Å². The molecule has 0 aliphatic heterocycles. The average Bonchev–Trinajstić information content (AvgIpc) is 2.40. The van der Waals surface area contributed by atoms with E-state index in [2.05, 4.69) is 0 Å². The predicted octanol–water partition coefficient (Wildman–Crippen LogP) is 3.93. The van der Waals surface area contributed by atoms with Crippen molar-refractivity contribution in [2.75, 3.05) is 6.79 Å². The molecule has 21 heavy (non-hydrogen) atoms. The maximum Gasteiger partial charge on any atom is 0.314 e. The predicted molar refractivity (Wildman–Crippen MR) is 81.5 cm³/mol. The first-order valence-corrected chi connectivity index (χ1v) is 8.46. The van der Waals surface area contributed by atoms with Gasteiger partial charge in [0.1, 0.15) is 0 Å². The van der Waals surface area contributed by atoms with Gasteiger partial charge in [0, 0.05) is 0 Å². The van der Waals surface area contributed by atoms with Gasteiger partial charge in [-0.05, 0) is 76.5 Å². The SMILES string of the molecule is CC(C)=CC(C)C(=O)OCOC1C2CC3CC(C2)CC1C3. The first-order valence-electron chi connectivity index (χ1n) is 8.46. The van der Waals surface area contributed by atoms with Gasteiger partial charge in [-0.3, -0.25) is 4.79 Å². The lowest BCUT2D eigenvalue weighted by molar-refractivity contribution is -0.188. The number of rotatable bonds is 5. The second-order valence-corrected chi connectivity index (χ2v) is 7.68. The highest BCUT2D eigenvalue weighted by molar-refractivity contribution is 5.74. The maximum absolute atomic E-state index is 11.9. The zero-order valence-electron chi connectivity index (χ0n) is 13.5. The average molecular weight is 292 g/mol. The molecule has 0 aromatic carbocycles. The van der Waals surface area contributed by atoms with Crippen LogP contribution >= 0.6 is 0 Å². The number of allylic oxidation sites excluding steroid dienone is 1. The molecule has 4 rings (SSSR count). The van der Waals surface area contributed by atoms with Crippen LogP contribution < -0.4 is 0 Å². The largest absolute Gasteiger partial charge is 0.438 e. The van der Waals surface area contributed by atoms with E-state index in [-0.39, 0.29) is 18.7 Å². The Bertz CT molecular complexity index is 394. The lowest BCUT2D eigenvalue weighted by atomic mass is 9.55. The number of hydrogen-bond donors (Lipinski definition) is 0. The normalized spacial score (nSPS) is 38.1. The molecule has 4 aliphatic carbocycles. The van der Waals surface area contributed by atoms with Gasteiger partial charge in [0.2, 0.25) is 0 Å². The molecule has 1 atom stereocenters. The molecule has 3 nitrogen and oxygen atoms in total. The second kappa shape index (κ2) is 6.12. The van der Waals surface area contributed by atoms with Crippen molar-refractivity contribution in [2.45, 2.75) is 59.0 Å². The molecule has 0 heterocycles. The van der Waals surface area contributed by atoms with Crippen molar-refractivity contribution >= 4 is 5.97 Å². The Morgan fingerprint density at radius 2 is 1.67 bits per heavy atom. The molecule has 0 N–H and O–H groups in total. The van der Waals surface area contributed by atoms with Crippen molar-refractivity contribution < 1.29 is 14.3 Å². The minimum absolute atomic E-state index is 0.132. The molecule has 0 spiro atoms. The molecule has 0 saturated heterocycles. The molecule has 0 aromatic rings. The highest BCUT2D eigenvalue weighted by Gasteiger charge is 2.48. The molecule has 4 bridgehead atoms. The second-order valence-electron chi connectivity index (χ2n) is 7.68. The molecule has 4 fully saturated rings. The van der Waals surface area contributed by atoms with E-state index in [9.17, 15) is 4.79 Å². The topological polar surface area (TPSA) is 35.5 Å². The van der Waals surface area contributed by atoms with Gasteiger partial charge in [0.15, 0.2) is 6.79 Å². The van der Waals surface area contributed by atoms with Crippen LogP contribution in [0.4, 0.5) is 0 Å². The Morgan fingerprint density at radius 3 is 2.19 bits per heavy atom. The van der Waals surface area contributed by atoms with Gasteiger partial charge in [0.05, 0.1) is 12.0 Å². The third-order valence-corrected chi connectivity index (χ3v) is 5.56. The van der Waals surface area contributed by atoms with Crippen molar-refractivity contribution in [3.8, 4) is 0 Å². The number of carbonyl (C=O) groups excluding carboxylic acids is 1. The molecule has 1 unspecified atom stereocenters. The summed E-state index contributed by atoms with van der Waals surface area (Å²) in [5, 5.41) is 0. The van der Waals surface area contributed by atoms with Crippen LogP contribution in [0.5, 0.6) is 0 Å². The van der Waals surface area contributed by atoms with E-state index < -0.39 is 0 Å². The van der Waals surface area contributed by atoms with Crippen molar-refractivity contribution in [1.82, 2.24) is 0 Å². The molecule has 0 amide bonds. The van der Waals surface area contributed by atoms with Crippen LogP contribution in [0.15, 0.2) is 11.6 Å². The maximum atomic E-state index is 11.9. The van der Waals surface area contributed by atoms with Gasteiger partial charge in [0.25, 0.3) is 0 Å². The van der Waals surface area contributed by atoms with Crippen molar-refractivity contribution in [3.63, 3.8) is 0 Å². The minimum atomic E-state index is -0.183. The summed E-state index contributed by atoms with van der Waals surface area (Å²) in [5.41, 5.74) is 1.14. The van der Waals surface area contributed by atoms with Crippen LogP contribution in [-0.4, -0.2) is 18.9 Å². The van der Waals surface area contributed by atoms with Crippen LogP contribution in [0.3, 0.4) is 0 Å². The van der Waals surface area contributed by atoms with Crippen LogP contribution in [0.2, 0.25) is 0 Å². The third kappa shape index (κ3) is 3.33. The van der Waals surface area contributed by atoms with E-state index in [1.54, 1.807) is 0 Å². The Labute approximate surface area is 128 Å². The van der Waals surface area contributed by atoms with E-state index in [0.717, 1.165) is 29.2 Å². The summed E-state index contributed by atoms with van der Waals surface area (Å²) in [5.74, 6) is 2.97. The fourth-order valence-corrected chi connectivity index (χ4v) is 5.02. The van der Waals surface area contributed by atoms with E-state index in [1.165, 1.54) is 32.1 Å². The van der Waals surface area contributed by atoms with E-state index >= 15 is 0 Å². The summed E-state index contributed by atoms with van der Waals surface area (Å²) in [7, 11) is 0. The summed E-state index contributed by atoms with van der Waals surface area (Å²) >= 11 is 0. The fourth-order valence-electron chi connectivity index (χ4n) is 5.02. The number of hydrogen-bond acceptors (Lipinski definition) is 3. The summed E-state index contributed by atoms with van der Waals surface area (Å²) in [6.07, 6.45) is 9.06. The zero-order valence-corrected chi connectivity index (χ0v) is 13.5. The van der Waals surface area contributed by atoms with Crippen LogP contribution in [0, 0.1) is 29.6 Å². The quantitative estimate of drug-likeness (QED) is 0.437. The first-order chi connectivity index (χ1) is 10.0. The Hall–Kier alpha value is -0.830. The molecule has 4 saturated carbocycles. The van der Waals surface area contributed by atoms with Crippen LogP contribution in [0.1, 0.15) is 52.9 Å². The summed E-state index contributed by atoms with van der Waals surface area (Å²) in [6.45, 7) is 5.99. The van der Waals surface area contributed by atoms with E-state index in [1.807, 2.05) is 26.8 Å². The Balaban J connectivity index is 1.46. The standard InChI is InChI=1S/C18H28O3/c1-11(2)4-12(3)18(19)21-10-20-17-15-6-13-5-14(8-15)9-16(17)7-13/h4,12-17H,5-10H2,1-3H3. The van der Waals surface area contributed by atoms with Gasteiger partial charge in [-0.25, -0.2) is 0 Å². The Kier molecular flexibility index (Phi) is 4.39. The zero-order chi connectivity index (χ0) is 15.0. The number of ether oxygens (including phenoxy) is 2. The third-order valence-electron chi connectivity index (χ3n) is 5.56. The Morgan fingerprint density at radius 1 is 1.10 bits per heavy atom. The van der Waals surface area contributed by atoms with Crippen molar-refractivity contribution in [2.24, 2.45) is 29.6 Å². The van der Waals surface area contributed by atoms with Gasteiger partial charge >= 0.3 is 5.97 Å². The number of carbonyl (C=O) groups is 1. The minimum Gasteiger partial charge on any atom is -0.438 e. The molecular weight excluding hydrogens is 264 g/mol. The lowest BCUT2D eigenvalue weighted by Crippen LogP contribution is -2.49. The van der Waals surface area contributed by atoms with E-state index in [0.29, 0.717) is 6.10 Å². The number of esters is 1. The summed E-state index contributed by atoms with van der Waals surface area (Å²) < 4.78 is 11.3. The van der Waals surface area contributed by atoms with Gasteiger partial charge < -0.3 is 9.47 Å². The molecule has 4 aliphatic rings. The monoisotopic (exact) mass is 292 g/mol. The lowest BCUT2D eigenvalue weighted by Gasteiger charge is -2.53. The molecule has 0 aromatic heterocycles. The van der Waals surface area contributed by atoms with Crippen LogP contribution in [-0.2, 0) is 14.3 Å². The molecule has 0 radical (unpaired) electrons. The smallest absolute Gasteiger partial charge is 0.314 e. The van der Waals surface area contributed by atoms with Gasteiger partial charge in [-0.1, -0.05) is 11.6 Å². The molecular formula is C18H28O3. The fraction of sp³-hybridized carbons (Fsp3) is 0.833. The molecule has 118 valence electrons. The summed E-state index contributed by atoms with van der Waals surface area (Å²) in [4.78, 5) is 11.9. The first kappa shape index (κ1) is 15.1. The van der Waals surface area contributed by atoms with E-state index in [4.69, 9.17) is 9.47 Å². The van der Waals surface area contributed by atoms with Crippen molar-refractivity contribution in [3.05, 3.63) is 11.6 Å². The highest BCUT2D eigenvalue weighted by Crippen LogP contribution is 2.54. The van der Waals surface area contributed by atoms with Gasteiger partial charge in [-0.2, -0.15) is 0 Å².